The third kappa shape index (κ3) is 2.99. The van der Waals surface area contributed by atoms with Gasteiger partial charge in [-0.2, -0.15) is 0 Å². The van der Waals surface area contributed by atoms with Crippen LogP contribution >= 0.6 is 0 Å². The lowest BCUT2D eigenvalue weighted by Crippen LogP contribution is -1.86. The molecule has 68 valence electrons. The van der Waals surface area contributed by atoms with Gasteiger partial charge in [0.2, 0.25) is 0 Å². The van der Waals surface area contributed by atoms with Crippen LogP contribution in [0.3, 0.4) is 0 Å². The van der Waals surface area contributed by atoms with Crippen LogP contribution < -0.4 is 4.74 Å². The van der Waals surface area contributed by atoms with Crippen molar-refractivity contribution in [2.24, 2.45) is 0 Å². The van der Waals surface area contributed by atoms with Gasteiger partial charge in [0.15, 0.2) is 0 Å². The Labute approximate surface area is 76.3 Å². The van der Waals surface area contributed by atoms with Gasteiger partial charge in [0.1, 0.15) is 5.75 Å². The number of carboxylic acid groups (broad SMARTS) is 1. The van der Waals surface area contributed by atoms with E-state index < -0.39 is 5.97 Å². The zero-order valence-electron chi connectivity index (χ0n) is 7.23. The molecule has 3 heteroatoms. The molecule has 1 N–H and O–H groups in total. The average molecular weight is 178 g/mol. The molecule has 0 aliphatic heterocycles. The topological polar surface area (TPSA) is 46.5 Å². The van der Waals surface area contributed by atoms with E-state index in [0.717, 1.165) is 17.4 Å². The molecule has 0 amide bonds. The predicted octanol–water partition coefficient (Wildman–Crippen LogP) is 1.79. The molecule has 1 aromatic rings. The summed E-state index contributed by atoms with van der Waals surface area (Å²) in [6.07, 6.45) is 2.63. The van der Waals surface area contributed by atoms with Crippen molar-refractivity contribution >= 4 is 12.0 Å². The Bertz CT molecular complexity index is 311. The number of carbonyl (C=O) groups is 1. The van der Waals surface area contributed by atoms with Crippen LogP contribution in [0.15, 0.2) is 30.3 Å². The monoisotopic (exact) mass is 178 g/mol. The molecule has 13 heavy (non-hydrogen) atoms. The number of methoxy groups -OCH3 is 1. The lowest BCUT2D eigenvalue weighted by atomic mass is 10.2. The highest BCUT2D eigenvalue weighted by Gasteiger charge is 1.91. The normalized spacial score (nSPS) is 10.2. The molecule has 0 bridgehead atoms. The highest BCUT2D eigenvalue weighted by molar-refractivity contribution is 5.85. The van der Waals surface area contributed by atoms with E-state index >= 15 is 0 Å². The second-order valence-electron chi connectivity index (χ2n) is 2.44. The molecule has 0 aliphatic carbocycles. The Morgan fingerprint density at radius 1 is 1.38 bits per heavy atom. The van der Waals surface area contributed by atoms with Crippen LogP contribution in [0, 0.1) is 0 Å². The Morgan fingerprint density at radius 2 is 2.00 bits per heavy atom. The maximum Gasteiger partial charge on any atom is 0.328 e. The molecule has 0 saturated carbocycles. The van der Waals surface area contributed by atoms with Gasteiger partial charge in [-0.1, -0.05) is 12.1 Å². The van der Waals surface area contributed by atoms with Crippen LogP contribution in [-0.2, 0) is 4.79 Å². The smallest absolute Gasteiger partial charge is 0.328 e. The van der Waals surface area contributed by atoms with Gasteiger partial charge in [0, 0.05) is 6.08 Å². The zero-order chi connectivity index (χ0) is 9.68. The number of carboxylic acids is 1. The van der Waals surface area contributed by atoms with Gasteiger partial charge < -0.3 is 9.84 Å². The molecule has 3 nitrogen and oxygen atoms in total. The largest absolute Gasteiger partial charge is 0.497 e. The van der Waals surface area contributed by atoms with Gasteiger partial charge in [-0.15, -0.1) is 0 Å². The van der Waals surface area contributed by atoms with Crippen molar-refractivity contribution in [1.29, 1.82) is 0 Å². The number of rotatable bonds is 3. The summed E-state index contributed by atoms with van der Waals surface area (Å²) in [6, 6.07) is 7.14. The van der Waals surface area contributed by atoms with Crippen molar-refractivity contribution in [3.05, 3.63) is 35.9 Å². The minimum absolute atomic E-state index is 0.757. The standard InChI is InChI=1S/C10H10O3/c1-13-9-5-2-8(3-6-9)4-7-10(11)12/h2-7H,1H3,(H,11,12)/b7-4-. The van der Waals surface area contributed by atoms with Crippen LogP contribution in [-0.4, -0.2) is 18.2 Å². The van der Waals surface area contributed by atoms with E-state index in [-0.39, 0.29) is 0 Å². The minimum atomic E-state index is -0.948. The minimum Gasteiger partial charge on any atom is -0.497 e. The molecule has 0 fully saturated rings. The molecule has 0 heterocycles. The molecule has 0 radical (unpaired) electrons. The summed E-state index contributed by atoms with van der Waals surface area (Å²) in [5.41, 5.74) is 0.836. The average Bonchev–Trinajstić information content (AvgIpc) is 2.15. The summed E-state index contributed by atoms with van der Waals surface area (Å²) >= 11 is 0. The maximum atomic E-state index is 10.2. The SMILES string of the molecule is COc1ccc(/C=C\C(=O)O)cc1. The van der Waals surface area contributed by atoms with E-state index in [4.69, 9.17) is 9.84 Å². The number of ether oxygens (including phenoxy) is 1. The molecule has 0 aliphatic rings. The fourth-order valence-corrected chi connectivity index (χ4v) is 0.883. The second kappa shape index (κ2) is 4.30. The van der Waals surface area contributed by atoms with E-state index in [2.05, 4.69) is 0 Å². The van der Waals surface area contributed by atoms with Crippen LogP contribution in [0.25, 0.3) is 6.08 Å². The summed E-state index contributed by atoms with van der Waals surface area (Å²) < 4.78 is 4.95. The fraction of sp³-hybridized carbons (Fsp3) is 0.100. The Balaban J connectivity index is 2.75. The van der Waals surface area contributed by atoms with E-state index in [1.54, 1.807) is 31.4 Å². The lowest BCUT2D eigenvalue weighted by Gasteiger charge is -1.98. The van der Waals surface area contributed by atoms with Crippen molar-refractivity contribution in [3.8, 4) is 5.75 Å². The van der Waals surface area contributed by atoms with Crippen molar-refractivity contribution in [2.45, 2.75) is 0 Å². The van der Waals surface area contributed by atoms with Gasteiger partial charge in [0.05, 0.1) is 7.11 Å². The van der Waals surface area contributed by atoms with Gasteiger partial charge in [0.25, 0.3) is 0 Å². The van der Waals surface area contributed by atoms with Crippen molar-refractivity contribution in [1.82, 2.24) is 0 Å². The van der Waals surface area contributed by atoms with Gasteiger partial charge in [-0.05, 0) is 23.8 Å². The number of hydrogen-bond donors (Lipinski definition) is 1. The van der Waals surface area contributed by atoms with Crippen LogP contribution in [0.2, 0.25) is 0 Å². The number of aliphatic carboxylic acids is 1. The molecule has 0 atom stereocenters. The van der Waals surface area contributed by atoms with E-state index in [1.807, 2.05) is 0 Å². The van der Waals surface area contributed by atoms with E-state index in [0.29, 0.717) is 0 Å². The number of hydrogen-bond acceptors (Lipinski definition) is 2. The molecule has 0 unspecified atom stereocenters. The van der Waals surface area contributed by atoms with E-state index in [9.17, 15) is 4.79 Å². The zero-order valence-corrected chi connectivity index (χ0v) is 7.23. The van der Waals surface area contributed by atoms with Crippen molar-refractivity contribution < 1.29 is 14.6 Å². The Kier molecular flexibility index (Phi) is 3.09. The lowest BCUT2D eigenvalue weighted by molar-refractivity contribution is -0.131. The Hall–Kier alpha value is -1.77. The van der Waals surface area contributed by atoms with Gasteiger partial charge in [-0.3, -0.25) is 0 Å². The highest BCUT2D eigenvalue weighted by Crippen LogP contribution is 2.11. The third-order valence-corrected chi connectivity index (χ3v) is 1.53. The molecule has 0 saturated heterocycles. The third-order valence-electron chi connectivity index (χ3n) is 1.53. The first-order chi connectivity index (χ1) is 6.22. The highest BCUT2D eigenvalue weighted by atomic mass is 16.5. The van der Waals surface area contributed by atoms with Crippen LogP contribution in [0.4, 0.5) is 0 Å². The summed E-state index contributed by atoms with van der Waals surface area (Å²) in [5.74, 6) is -0.191. The fourth-order valence-electron chi connectivity index (χ4n) is 0.883. The first kappa shape index (κ1) is 9.32. The molecule has 1 rings (SSSR count). The van der Waals surface area contributed by atoms with Gasteiger partial charge in [-0.25, -0.2) is 4.79 Å². The molecule has 0 spiro atoms. The molecule has 0 aromatic heterocycles. The quantitative estimate of drug-likeness (QED) is 0.718. The summed E-state index contributed by atoms with van der Waals surface area (Å²) in [7, 11) is 1.59. The van der Waals surface area contributed by atoms with E-state index in [1.165, 1.54) is 6.08 Å². The number of benzene rings is 1. The summed E-state index contributed by atoms with van der Waals surface area (Å²) in [5, 5.41) is 8.36. The maximum absolute atomic E-state index is 10.2. The molecule has 1 aromatic carbocycles. The van der Waals surface area contributed by atoms with Crippen molar-refractivity contribution in [3.63, 3.8) is 0 Å². The Morgan fingerprint density at radius 3 is 2.46 bits per heavy atom. The summed E-state index contributed by atoms with van der Waals surface area (Å²) in [4.78, 5) is 10.2. The first-order valence-corrected chi connectivity index (χ1v) is 3.77. The van der Waals surface area contributed by atoms with Gasteiger partial charge >= 0.3 is 5.97 Å². The second-order valence-corrected chi connectivity index (χ2v) is 2.44. The summed E-state index contributed by atoms with van der Waals surface area (Å²) in [6.45, 7) is 0. The molecular formula is C10H10O3. The predicted molar refractivity (Wildman–Crippen MR) is 49.7 cm³/mol. The first-order valence-electron chi connectivity index (χ1n) is 3.77. The van der Waals surface area contributed by atoms with Crippen molar-refractivity contribution in [2.75, 3.05) is 7.11 Å². The van der Waals surface area contributed by atoms with Crippen LogP contribution in [0.1, 0.15) is 5.56 Å². The molecular weight excluding hydrogens is 168 g/mol. The van der Waals surface area contributed by atoms with Crippen LogP contribution in [0.5, 0.6) is 5.75 Å².